The van der Waals surface area contributed by atoms with Crippen molar-refractivity contribution in [2.75, 3.05) is 39.8 Å². The molecule has 198 valence electrons. The minimum absolute atomic E-state index is 0.0210. The molecule has 0 radical (unpaired) electrons. The SMILES string of the molecule is C=c1cc(-c2ccc(/C(C)=C(\C#N)S(=O)NC(C)(C)CCO)s2)cc/c1=C/C(=CC)N1CCN(C)CC1. The molecule has 0 aliphatic carbocycles. The van der Waals surface area contributed by atoms with Gasteiger partial charge < -0.3 is 14.9 Å². The van der Waals surface area contributed by atoms with E-state index in [2.05, 4.69) is 71.5 Å². The van der Waals surface area contributed by atoms with Crippen molar-refractivity contribution in [3.8, 4) is 16.5 Å². The number of nitrogens with one attached hydrogen (secondary N) is 1. The maximum absolute atomic E-state index is 12.9. The lowest BCUT2D eigenvalue weighted by atomic mass is 10.0. The fraction of sp³-hybridized carbons (Fsp3) is 0.414. The summed E-state index contributed by atoms with van der Waals surface area (Å²) in [6.07, 6.45) is 4.81. The first kappa shape index (κ1) is 29.0. The van der Waals surface area contributed by atoms with Gasteiger partial charge in [0.05, 0.1) is 0 Å². The molecular formula is C29H38N4O2S2. The summed E-state index contributed by atoms with van der Waals surface area (Å²) in [6.45, 7) is 16.1. The van der Waals surface area contributed by atoms with Crippen LogP contribution in [-0.2, 0) is 11.0 Å². The number of benzene rings is 1. The number of hydrogen-bond donors (Lipinski definition) is 2. The molecule has 1 aliphatic rings. The number of rotatable bonds is 9. The van der Waals surface area contributed by atoms with E-state index in [0.29, 0.717) is 12.0 Å². The molecule has 1 aromatic heterocycles. The van der Waals surface area contributed by atoms with Crippen LogP contribution in [0.25, 0.3) is 28.7 Å². The average Bonchev–Trinajstić information content (AvgIpc) is 3.34. The van der Waals surface area contributed by atoms with Crippen LogP contribution in [0.15, 0.2) is 47.0 Å². The molecule has 37 heavy (non-hydrogen) atoms. The number of hydrogen-bond acceptors (Lipinski definition) is 6. The number of likely N-dealkylation sites (N-methyl/N-ethyl adjacent to an activating group) is 1. The van der Waals surface area contributed by atoms with E-state index < -0.39 is 16.5 Å². The molecule has 8 heteroatoms. The summed E-state index contributed by atoms with van der Waals surface area (Å²) in [6, 6.07) is 12.4. The van der Waals surface area contributed by atoms with Gasteiger partial charge >= 0.3 is 0 Å². The third kappa shape index (κ3) is 7.50. The van der Waals surface area contributed by atoms with Crippen molar-refractivity contribution in [2.24, 2.45) is 0 Å². The molecule has 0 bridgehead atoms. The molecular weight excluding hydrogens is 500 g/mol. The third-order valence-corrected chi connectivity index (χ3v) is 9.36. The summed E-state index contributed by atoms with van der Waals surface area (Å²) >= 11 is 1.57. The number of nitriles is 1. The van der Waals surface area contributed by atoms with E-state index in [1.54, 1.807) is 11.3 Å². The monoisotopic (exact) mass is 538 g/mol. The van der Waals surface area contributed by atoms with Gasteiger partial charge in [-0.3, -0.25) is 0 Å². The number of aliphatic hydroxyl groups is 1. The maximum Gasteiger partial charge on any atom is 0.136 e. The number of piperazine rings is 1. The molecule has 1 saturated heterocycles. The number of allylic oxidation sites excluding steroid dienone is 4. The first-order chi connectivity index (χ1) is 17.6. The molecule has 1 unspecified atom stereocenters. The van der Waals surface area contributed by atoms with Crippen molar-refractivity contribution < 1.29 is 9.32 Å². The van der Waals surface area contributed by atoms with Crippen molar-refractivity contribution in [3.63, 3.8) is 0 Å². The molecule has 6 nitrogen and oxygen atoms in total. The molecule has 3 rings (SSSR count). The molecule has 1 aromatic carbocycles. The Bertz CT molecular complexity index is 1340. The Morgan fingerprint density at radius 1 is 1.27 bits per heavy atom. The smallest absolute Gasteiger partial charge is 0.136 e. The molecule has 0 saturated carbocycles. The zero-order valence-electron chi connectivity index (χ0n) is 22.5. The molecule has 0 spiro atoms. The van der Waals surface area contributed by atoms with Crippen LogP contribution in [0.4, 0.5) is 0 Å². The van der Waals surface area contributed by atoms with Gasteiger partial charge in [0.25, 0.3) is 0 Å². The van der Waals surface area contributed by atoms with E-state index >= 15 is 0 Å². The molecule has 2 N–H and O–H groups in total. The minimum atomic E-state index is -1.67. The summed E-state index contributed by atoms with van der Waals surface area (Å²) < 4.78 is 15.9. The van der Waals surface area contributed by atoms with Crippen molar-refractivity contribution >= 4 is 40.6 Å². The highest BCUT2D eigenvalue weighted by molar-refractivity contribution is 7.87. The van der Waals surface area contributed by atoms with Crippen LogP contribution in [0.2, 0.25) is 0 Å². The quantitative estimate of drug-likeness (QED) is 0.479. The van der Waals surface area contributed by atoms with Crippen LogP contribution in [0.1, 0.15) is 39.0 Å². The minimum Gasteiger partial charge on any atom is -0.396 e. The Hall–Kier alpha value is -2.54. The largest absolute Gasteiger partial charge is 0.396 e. The van der Waals surface area contributed by atoms with Crippen LogP contribution in [0, 0.1) is 11.3 Å². The van der Waals surface area contributed by atoms with Crippen LogP contribution < -0.4 is 15.2 Å². The summed E-state index contributed by atoms with van der Waals surface area (Å²) in [4.78, 5) is 6.93. The van der Waals surface area contributed by atoms with Crippen LogP contribution >= 0.6 is 11.3 Å². The van der Waals surface area contributed by atoms with Crippen LogP contribution in [0.3, 0.4) is 0 Å². The van der Waals surface area contributed by atoms with Gasteiger partial charge in [-0.05, 0) is 87.0 Å². The van der Waals surface area contributed by atoms with Crippen molar-refractivity contribution in [1.29, 1.82) is 5.26 Å². The number of aliphatic hydroxyl groups excluding tert-OH is 1. The van der Waals surface area contributed by atoms with E-state index in [1.165, 1.54) is 5.70 Å². The molecule has 0 amide bonds. The van der Waals surface area contributed by atoms with E-state index in [0.717, 1.165) is 51.9 Å². The van der Waals surface area contributed by atoms with Gasteiger partial charge in [-0.15, -0.1) is 11.3 Å². The van der Waals surface area contributed by atoms with E-state index in [4.69, 9.17) is 0 Å². The first-order valence-corrected chi connectivity index (χ1v) is 14.5. The lowest BCUT2D eigenvalue weighted by Gasteiger charge is -2.34. The summed E-state index contributed by atoms with van der Waals surface area (Å²) in [5.41, 5.74) is 2.42. The summed E-state index contributed by atoms with van der Waals surface area (Å²) in [7, 11) is 0.486. The van der Waals surface area contributed by atoms with Gasteiger partial charge in [0.1, 0.15) is 22.0 Å². The van der Waals surface area contributed by atoms with Crippen molar-refractivity contribution in [3.05, 3.63) is 62.3 Å². The highest BCUT2D eigenvalue weighted by Gasteiger charge is 2.23. The van der Waals surface area contributed by atoms with E-state index in [-0.39, 0.29) is 11.5 Å². The van der Waals surface area contributed by atoms with Gasteiger partial charge in [-0.1, -0.05) is 24.8 Å². The second-order valence-corrected chi connectivity index (χ2v) is 12.3. The fourth-order valence-corrected chi connectivity index (χ4v) is 6.43. The first-order valence-electron chi connectivity index (χ1n) is 12.5. The maximum atomic E-state index is 12.9. The highest BCUT2D eigenvalue weighted by Crippen LogP contribution is 2.33. The second-order valence-electron chi connectivity index (χ2n) is 10.0. The number of thiophene rings is 1. The Labute approximate surface area is 227 Å². The van der Waals surface area contributed by atoms with Gasteiger partial charge in [-0.2, -0.15) is 5.26 Å². The predicted molar refractivity (Wildman–Crippen MR) is 157 cm³/mol. The highest BCUT2D eigenvalue weighted by atomic mass is 32.2. The normalized spacial score (nSPS) is 17.5. The molecule has 2 heterocycles. The second kappa shape index (κ2) is 12.8. The van der Waals surface area contributed by atoms with Gasteiger partial charge in [0.2, 0.25) is 0 Å². The molecule has 2 aromatic rings. The third-order valence-electron chi connectivity index (χ3n) is 6.60. The Morgan fingerprint density at radius 2 is 1.97 bits per heavy atom. The van der Waals surface area contributed by atoms with Crippen LogP contribution in [0.5, 0.6) is 0 Å². The summed E-state index contributed by atoms with van der Waals surface area (Å²) in [5, 5.41) is 21.0. The lowest BCUT2D eigenvalue weighted by Crippen LogP contribution is -2.43. The lowest BCUT2D eigenvalue weighted by molar-refractivity contribution is 0.192. The predicted octanol–water partition coefficient (Wildman–Crippen LogP) is 3.43. The standard InChI is InChI=1S/C29H38N4O2S2/c1-7-25(33-15-13-32(6)14-16-33)19-23-8-9-24(18-21(23)2)27-11-10-26(36-27)22(3)28(20-30)37(35)31-29(4,5)12-17-34/h7-11,18-19,31,34H,2,12-17H2,1,3-6H3/b23-19-,25-7?,28-22+. The topological polar surface area (TPSA) is 79.6 Å². The van der Waals surface area contributed by atoms with Crippen molar-refractivity contribution in [2.45, 2.75) is 39.7 Å². The zero-order chi connectivity index (χ0) is 27.2. The van der Waals surface area contributed by atoms with Gasteiger partial charge in [0, 0.05) is 53.8 Å². The van der Waals surface area contributed by atoms with E-state index in [9.17, 15) is 14.6 Å². The van der Waals surface area contributed by atoms with Gasteiger partial charge in [-0.25, -0.2) is 8.93 Å². The Morgan fingerprint density at radius 3 is 2.57 bits per heavy atom. The Kier molecular flexibility index (Phi) is 10.0. The van der Waals surface area contributed by atoms with E-state index in [1.807, 2.05) is 32.9 Å². The average molecular weight is 539 g/mol. The Balaban J connectivity index is 1.84. The van der Waals surface area contributed by atoms with Crippen molar-refractivity contribution in [1.82, 2.24) is 14.5 Å². The molecule has 1 fully saturated rings. The number of nitrogens with zero attached hydrogens (tertiary/aromatic N) is 3. The molecule has 1 atom stereocenters. The summed E-state index contributed by atoms with van der Waals surface area (Å²) in [5.74, 6) is 0. The fourth-order valence-electron chi connectivity index (χ4n) is 4.18. The molecule has 1 aliphatic heterocycles. The zero-order valence-corrected chi connectivity index (χ0v) is 24.1. The van der Waals surface area contributed by atoms with Gasteiger partial charge in [0.15, 0.2) is 0 Å². The van der Waals surface area contributed by atoms with Crippen LogP contribution in [-0.4, -0.2) is 64.5 Å².